The number of ether oxygens (including phenoxy) is 3. The summed E-state index contributed by atoms with van der Waals surface area (Å²) in [5, 5.41) is 6.51. The Kier molecular flexibility index (Phi) is 8.00. The molecule has 1 saturated carbocycles. The Morgan fingerprint density at radius 1 is 1.00 bits per heavy atom. The Morgan fingerprint density at radius 2 is 1.78 bits per heavy atom. The number of aromatic nitrogens is 2. The molecular weight excluding hydrogens is 489 g/mol. The molecule has 2 aromatic carbocycles. The minimum atomic E-state index is -4.81. The molecule has 0 spiro atoms. The Balaban J connectivity index is 1.72. The van der Waals surface area contributed by atoms with Gasteiger partial charge in [0.1, 0.15) is 17.3 Å². The third-order valence-corrected chi connectivity index (χ3v) is 5.91. The van der Waals surface area contributed by atoms with Gasteiger partial charge in [-0.2, -0.15) is 4.98 Å². The van der Waals surface area contributed by atoms with Crippen molar-refractivity contribution in [3.05, 3.63) is 54.1 Å². The Hall–Kier alpha value is -4.02. The highest BCUT2D eigenvalue weighted by molar-refractivity contribution is 5.91. The molecule has 0 atom stereocenters. The summed E-state index contributed by atoms with van der Waals surface area (Å²) in [4.78, 5) is 21.2. The second kappa shape index (κ2) is 11.4. The van der Waals surface area contributed by atoms with E-state index in [9.17, 15) is 18.0 Å². The Bertz CT molecular complexity index is 1250. The number of alkyl halides is 3. The van der Waals surface area contributed by atoms with Gasteiger partial charge in [-0.3, -0.25) is 0 Å². The fourth-order valence-corrected chi connectivity index (χ4v) is 4.19. The number of methoxy groups -OCH3 is 2. The average Bonchev–Trinajstić information content (AvgIpc) is 2.88. The Labute approximate surface area is 212 Å². The number of rotatable bonds is 8. The lowest BCUT2D eigenvalue weighted by atomic mass is 9.96. The molecule has 196 valence electrons. The third-order valence-electron chi connectivity index (χ3n) is 5.91. The van der Waals surface area contributed by atoms with Gasteiger partial charge in [0.2, 0.25) is 5.95 Å². The van der Waals surface area contributed by atoms with Crippen LogP contribution in [0.15, 0.2) is 48.5 Å². The van der Waals surface area contributed by atoms with Crippen LogP contribution in [0.2, 0.25) is 0 Å². The lowest BCUT2D eigenvalue weighted by Crippen LogP contribution is -2.23. The number of carbonyl (C=O) groups is 1. The van der Waals surface area contributed by atoms with Crippen molar-refractivity contribution in [1.29, 1.82) is 0 Å². The first-order valence-electron chi connectivity index (χ1n) is 11.8. The van der Waals surface area contributed by atoms with Crippen molar-refractivity contribution in [3.63, 3.8) is 0 Å². The second-order valence-corrected chi connectivity index (χ2v) is 8.55. The standard InChI is InChI=1S/C26H27F3N4O4/c1-35-22-12-11-17(24(34)36-2)14-21(22)31-23-15-20(16-7-6-10-19(13-16)37-26(27,28)29)32-25(33-23)30-18-8-4-3-5-9-18/h6-7,10-15,18H,3-5,8-9H2,1-2H3,(H2,30,31,32,33). The average molecular weight is 517 g/mol. The summed E-state index contributed by atoms with van der Waals surface area (Å²) >= 11 is 0. The van der Waals surface area contributed by atoms with E-state index < -0.39 is 12.3 Å². The van der Waals surface area contributed by atoms with Gasteiger partial charge in [-0.1, -0.05) is 31.4 Å². The van der Waals surface area contributed by atoms with Crippen LogP contribution < -0.4 is 20.1 Å². The first-order chi connectivity index (χ1) is 17.7. The summed E-state index contributed by atoms with van der Waals surface area (Å²) < 4.78 is 52.6. The summed E-state index contributed by atoms with van der Waals surface area (Å²) in [7, 11) is 2.78. The van der Waals surface area contributed by atoms with Crippen LogP contribution in [-0.4, -0.2) is 42.6 Å². The SMILES string of the molecule is COC(=O)c1ccc(OC)c(Nc2cc(-c3cccc(OC(F)(F)F)c3)nc(NC3CCCCC3)n2)c1. The van der Waals surface area contributed by atoms with Crippen molar-refractivity contribution >= 4 is 23.4 Å². The molecule has 0 unspecified atom stereocenters. The molecule has 1 aliphatic rings. The maximum absolute atomic E-state index is 12.8. The molecular formula is C26H27F3N4O4. The van der Waals surface area contributed by atoms with E-state index in [1.807, 2.05) is 0 Å². The number of nitrogens with zero attached hydrogens (tertiary/aromatic N) is 2. The van der Waals surface area contributed by atoms with Crippen molar-refractivity contribution < 1.29 is 32.2 Å². The Morgan fingerprint density at radius 3 is 2.49 bits per heavy atom. The van der Waals surface area contributed by atoms with Crippen LogP contribution in [-0.2, 0) is 4.74 Å². The van der Waals surface area contributed by atoms with Gasteiger partial charge in [0.05, 0.1) is 31.2 Å². The molecule has 8 nitrogen and oxygen atoms in total. The monoisotopic (exact) mass is 516 g/mol. The van der Waals surface area contributed by atoms with Crippen molar-refractivity contribution in [2.24, 2.45) is 0 Å². The lowest BCUT2D eigenvalue weighted by Gasteiger charge is -2.23. The maximum Gasteiger partial charge on any atom is 0.573 e. The van der Waals surface area contributed by atoms with Crippen LogP contribution >= 0.6 is 0 Å². The largest absolute Gasteiger partial charge is 0.573 e. The van der Waals surface area contributed by atoms with Crippen molar-refractivity contribution in [2.75, 3.05) is 24.9 Å². The molecule has 11 heteroatoms. The molecule has 0 amide bonds. The van der Waals surface area contributed by atoms with Crippen LogP contribution in [0.5, 0.6) is 11.5 Å². The van der Waals surface area contributed by atoms with E-state index >= 15 is 0 Å². The number of hydrogen-bond donors (Lipinski definition) is 2. The number of carbonyl (C=O) groups excluding carboxylic acids is 1. The van der Waals surface area contributed by atoms with Crippen molar-refractivity contribution in [2.45, 2.75) is 44.5 Å². The molecule has 0 saturated heterocycles. The van der Waals surface area contributed by atoms with E-state index in [0.717, 1.165) is 25.7 Å². The van der Waals surface area contributed by atoms with E-state index in [2.05, 4.69) is 25.3 Å². The topological polar surface area (TPSA) is 94.6 Å². The van der Waals surface area contributed by atoms with E-state index in [1.54, 1.807) is 30.3 Å². The molecule has 1 aliphatic carbocycles. The maximum atomic E-state index is 12.8. The first-order valence-corrected chi connectivity index (χ1v) is 11.8. The molecule has 1 fully saturated rings. The van der Waals surface area contributed by atoms with Gasteiger partial charge in [-0.15, -0.1) is 13.2 Å². The molecule has 2 N–H and O–H groups in total. The zero-order valence-corrected chi connectivity index (χ0v) is 20.4. The fraction of sp³-hybridized carbons (Fsp3) is 0.346. The summed E-state index contributed by atoms with van der Waals surface area (Å²) in [6.07, 6.45) is 0.494. The first kappa shape index (κ1) is 26.1. The lowest BCUT2D eigenvalue weighted by molar-refractivity contribution is -0.274. The molecule has 0 aliphatic heterocycles. The zero-order valence-electron chi connectivity index (χ0n) is 20.4. The number of nitrogens with one attached hydrogen (secondary N) is 2. The molecule has 4 rings (SSSR count). The van der Waals surface area contributed by atoms with Crippen LogP contribution in [0.4, 0.5) is 30.6 Å². The predicted octanol–water partition coefficient (Wildman–Crippen LogP) is 6.33. The number of anilines is 3. The fourth-order valence-electron chi connectivity index (χ4n) is 4.19. The highest BCUT2D eigenvalue weighted by atomic mass is 19.4. The van der Waals surface area contributed by atoms with Crippen LogP contribution in [0.1, 0.15) is 42.5 Å². The molecule has 1 aromatic heterocycles. The van der Waals surface area contributed by atoms with Gasteiger partial charge in [0.25, 0.3) is 0 Å². The van der Waals surface area contributed by atoms with Crippen LogP contribution in [0.3, 0.4) is 0 Å². The van der Waals surface area contributed by atoms with E-state index in [4.69, 9.17) is 9.47 Å². The molecule has 0 radical (unpaired) electrons. The van der Waals surface area contributed by atoms with Crippen molar-refractivity contribution in [1.82, 2.24) is 9.97 Å². The molecule has 37 heavy (non-hydrogen) atoms. The van der Waals surface area contributed by atoms with Gasteiger partial charge in [-0.25, -0.2) is 9.78 Å². The molecule has 1 heterocycles. The van der Waals surface area contributed by atoms with Gasteiger partial charge >= 0.3 is 12.3 Å². The van der Waals surface area contributed by atoms with Gasteiger partial charge in [-0.05, 0) is 43.2 Å². The van der Waals surface area contributed by atoms with Gasteiger partial charge < -0.3 is 24.8 Å². The number of halogens is 3. The van der Waals surface area contributed by atoms with Crippen LogP contribution in [0.25, 0.3) is 11.3 Å². The predicted molar refractivity (Wildman–Crippen MR) is 132 cm³/mol. The molecule has 0 bridgehead atoms. The minimum Gasteiger partial charge on any atom is -0.495 e. The quantitative estimate of drug-likeness (QED) is 0.336. The minimum absolute atomic E-state index is 0.189. The zero-order chi connectivity index (χ0) is 26.4. The smallest absolute Gasteiger partial charge is 0.495 e. The summed E-state index contributed by atoms with van der Waals surface area (Å²) in [6.45, 7) is 0. The van der Waals surface area contributed by atoms with Gasteiger partial charge in [0, 0.05) is 17.7 Å². The van der Waals surface area contributed by atoms with E-state index in [-0.39, 0.29) is 11.8 Å². The molecule has 3 aromatic rings. The second-order valence-electron chi connectivity index (χ2n) is 8.55. The highest BCUT2D eigenvalue weighted by Crippen LogP contribution is 2.32. The number of esters is 1. The van der Waals surface area contributed by atoms with Crippen LogP contribution in [0, 0.1) is 0 Å². The number of hydrogen-bond acceptors (Lipinski definition) is 8. The number of benzene rings is 2. The summed E-state index contributed by atoms with van der Waals surface area (Å²) in [5.41, 5.74) is 1.55. The van der Waals surface area contributed by atoms with E-state index in [1.165, 1.54) is 38.8 Å². The summed E-state index contributed by atoms with van der Waals surface area (Å²) in [5.74, 6) is 0.264. The van der Waals surface area contributed by atoms with Crippen molar-refractivity contribution in [3.8, 4) is 22.8 Å². The van der Waals surface area contributed by atoms with E-state index in [0.29, 0.717) is 40.0 Å². The van der Waals surface area contributed by atoms with Gasteiger partial charge in [0.15, 0.2) is 0 Å². The summed E-state index contributed by atoms with van der Waals surface area (Å²) in [6, 6.07) is 12.1. The third kappa shape index (κ3) is 7.02. The highest BCUT2D eigenvalue weighted by Gasteiger charge is 2.31. The normalized spacial score (nSPS) is 14.1.